The fourth-order valence-electron chi connectivity index (χ4n) is 5.54. The fourth-order valence-corrected chi connectivity index (χ4v) is 10.8. The minimum absolute atomic E-state index is 0.790. The third kappa shape index (κ3) is 2.97. The second-order valence-electron chi connectivity index (χ2n) is 8.25. The van der Waals surface area contributed by atoms with E-state index >= 15 is 0 Å². The molecule has 1 saturated carbocycles. The molecule has 27 heavy (non-hydrogen) atoms. The summed E-state index contributed by atoms with van der Waals surface area (Å²) in [4.78, 5) is 0. The van der Waals surface area contributed by atoms with Gasteiger partial charge < -0.3 is 0 Å². The van der Waals surface area contributed by atoms with Crippen LogP contribution in [0.25, 0.3) is 0 Å². The van der Waals surface area contributed by atoms with E-state index in [4.69, 9.17) is 0 Å². The van der Waals surface area contributed by atoms with E-state index in [9.17, 15) is 0 Å². The van der Waals surface area contributed by atoms with Crippen molar-refractivity contribution in [2.45, 2.75) is 12.8 Å². The number of hydrogen-bond acceptors (Lipinski definition) is 0. The molecular formula is C26H27P. The monoisotopic (exact) mass is 370 g/mol. The standard InChI is InChI=1S/C26H27P/c1-4-10-24(11-5-1)27(25-12-6-2-7-13-25,26-14-8-3-9-15-26)20-23-19-21-16-17-22(23)18-21/h1-17,21-23,27H,18-20H2/t21-,22+,23?/m1/s1. The van der Waals surface area contributed by atoms with Gasteiger partial charge in [-0.2, -0.15) is 0 Å². The van der Waals surface area contributed by atoms with Gasteiger partial charge in [-0.15, -0.1) is 0 Å². The van der Waals surface area contributed by atoms with Crippen LogP contribution in [0.1, 0.15) is 12.8 Å². The van der Waals surface area contributed by atoms with Gasteiger partial charge >= 0.3 is 163 Å². The van der Waals surface area contributed by atoms with Gasteiger partial charge in [0.15, 0.2) is 0 Å². The van der Waals surface area contributed by atoms with Crippen molar-refractivity contribution in [3.8, 4) is 0 Å². The Morgan fingerprint density at radius 2 is 1.07 bits per heavy atom. The van der Waals surface area contributed by atoms with Crippen LogP contribution < -0.4 is 15.9 Å². The van der Waals surface area contributed by atoms with Crippen LogP contribution in [0.15, 0.2) is 103 Å². The van der Waals surface area contributed by atoms with E-state index in [2.05, 4.69) is 103 Å². The summed E-state index contributed by atoms with van der Waals surface area (Å²) >= 11 is 0. The zero-order valence-corrected chi connectivity index (χ0v) is 16.7. The van der Waals surface area contributed by atoms with Crippen LogP contribution in [0.3, 0.4) is 0 Å². The molecule has 3 aromatic carbocycles. The van der Waals surface area contributed by atoms with Crippen molar-refractivity contribution in [3.05, 3.63) is 103 Å². The zero-order valence-electron chi connectivity index (χ0n) is 15.7. The van der Waals surface area contributed by atoms with Crippen LogP contribution in [-0.2, 0) is 0 Å². The normalized spacial score (nSPS) is 24.2. The van der Waals surface area contributed by atoms with E-state index in [1.165, 1.54) is 19.0 Å². The molecule has 0 radical (unpaired) electrons. The quantitative estimate of drug-likeness (QED) is 0.441. The second-order valence-corrected chi connectivity index (χ2v) is 12.2. The van der Waals surface area contributed by atoms with Gasteiger partial charge in [0.1, 0.15) is 0 Å². The first-order valence-corrected chi connectivity index (χ1v) is 12.4. The molecule has 1 heteroatoms. The zero-order chi connectivity index (χ0) is 18.1. The molecule has 0 heterocycles. The van der Waals surface area contributed by atoms with Crippen LogP contribution in [0.5, 0.6) is 0 Å². The number of hydrogen-bond donors (Lipinski definition) is 0. The second kappa shape index (κ2) is 7.10. The van der Waals surface area contributed by atoms with Crippen molar-refractivity contribution in [2.24, 2.45) is 17.8 Å². The molecule has 0 saturated heterocycles. The first-order chi connectivity index (χ1) is 13.4. The van der Waals surface area contributed by atoms with E-state index in [0.717, 1.165) is 17.8 Å². The van der Waals surface area contributed by atoms with Gasteiger partial charge in [0, 0.05) is 0 Å². The van der Waals surface area contributed by atoms with Gasteiger partial charge in [0.2, 0.25) is 0 Å². The van der Waals surface area contributed by atoms with Crippen LogP contribution in [0.2, 0.25) is 0 Å². The Morgan fingerprint density at radius 3 is 1.44 bits per heavy atom. The molecule has 0 amide bonds. The molecule has 136 valence electrons. The Balaban J connectivity index is 1.71. The minimum atomic E-state index is -2.06. The van der Waals surface area contributed by atoms with Crippen molar-refractivity contribution in [1.29, 1.82) is 0 Å². The van der Waals surface area contributed by atoms with Crippen LogP contribution in [0.4, 0.5) is 0 Å². The molecule has 0 aromatic heterocycles. The summed E-state index contributed by atoms with van der Waals surface area (Å²) in [6, 6.07) is 34.1. The molecule has 0 aliphatic heterocycles. The third-order valence-corrected chi connectivity index (χ3v) is 11.9. The molecule has 1 unspecified atom stereocenters. The molecule has 2 bridgehead atoms. The molecule has 1 fully saturated rings. The number of fused-ring (bicyclic) bond motifs is 2. The summed E-state index contributed by atoms with van der Waals surface area (Å²) < 4.78 is 0. The van der Waals surface area contributed by atoms with Crippen LogP contribution >= 0.6 is 7.26 Å². The van der Waals surface area contributed by atoms with Gasteiger partial charge in [-0.1, -0.05) is 0 Å². The Labute approximate surface area is 163 Å². The molecule has 2 aliphatic rings. The summed E-state index contributed by atoms with van der Waals surface area (Å²) in [7, 11) is -2.06. The summed E-state index contributed by atoms with van der Waals surface area (Å²) in [6.45, 7) is 0. The van der Waals surface area contributed by atoms with Crippen molar-refractivity contribution in [3.63, 3.8) is 0 Å². The predicted molar refractivity (Wildman–Crippen MR) is 120 cm³/mol. The summed E-state index contributed by atoms with van der Waals surface area (Å²) in [5.74, 6) is 2.43. The SMILES string of the molecule is C1=C[C@H]2C[C@@H]1CC2C[PH](c1ccccc1)(c1ccccc1)c1ccccc1. The van der Waals surface area contributed by atoms with Gasteiger partial charge in [-0.25, -0.2) is 0 Å². The molecule has 5 rings (SSSR count). The van der Waals surface area contributed by atoms with Gasteiger partial charge in [0.05, 0.1) is 0 Å². The molecule has 2 aliphatic carbocycles. The number of allylic oxidation sites excluding steroid dienone is 2. The average Bonchev–Trinajstić information content (AvgIpc) is 3.37. The maximum absolute atomic E-state index is 2.51. The Kier molecular flexibility index (Phi) is 4.46. The van der Waals surface area contributed by atoms with E-state index in [1.807, 2.05) is 0 Å². The predicted octanol–water partition coefficient (Wildman–Crippen LogP) is 4.93. The first kappa shape index (κ1) is 17.0. The maximum atomic E-state index is 2.51. The van der Waals surface area contributed by atoms with Crippen molar-refractivity contribution in [1.82, 2.24) is 0 Å². The number of rotatable bonds is 5. The van der Waals surface area contributed by atoms with Crippen molar-refractivity contribution < 1.29 is 0 Å². The molecule has 0 nitrogen and oxygen atoms in total. The fraction of sp³-hybridized carbons (Fsp3) is 0.231. The summed E-state index contributed by atoms with van der Waals surface area (Å²) in [5, 5.41) is 4.65. The van der Waals surface area contributed by atoms with E-state index in [1.54, 1.807) is 15.9 Å². The topological polar surface area (TPSA) is 0 Å². The Morgan fingerprint density at radius 1 is 0.593 bits per heavy atom. The first-order valence-electron chi connectivity index (χ1n) is 10.2. The Bertz CT molecular complexity index is 818. The van der Waals surface area contributed by atoms with Gasteiger partial charge in [-0.3, -0.25) is 0 Å². The van der Waals surface area contributed by atoms with E-state index in [-0.39, 0.29) is 0 Å². The van der Waals surface area contributed by atoms with E-state index in [0.29, 0.717) is 0 Å². The summed E-state index contributed by atoms with van der Waals surface area (Å²) in [6.07, 6.45) is 9.06. The van der Waals surface area contributed by atoms with Gasteiger partial charge in [-0.05, 0) is 0 Å². The molecular weight excluding hydrogens is 343 g/mol. The van der Waals surface area contributed by atoms with E-state index < -0.39 is 7.26 Å². The average molecular weight is 370 g/mol. The third-order valence-electron chi connectivity index (χ3n) is 6.78. The molecule has 3 aromatic rings. The molecule has 0 N–H and O–H groups in total. The van der Waals surface area contributed by atoms with Crippen molar-refractivity contribution in [2.75, 3.05) is 6.16 Å². The van der Waals surface area contributed by atoms with Crippen LogP contribution in [-0.4, -0.2) is 6.16 Å². The van der Waals surface area contributed by atoms with Crippen molar-refractivity contribution >= 4 is 23.2 Å². The molecule has 3 atom stereocenters. The summed E-state index contributed by atoms with van der Waals surface area (Å²) in [5.41, 5.74) is 0. The van der Waals surface area contributed by atoms with Gasteiger partial charge in [0.25, 0.3) is 0 Å². The Hall–Kier alpha value is -2.17. The number of benzene rings is 3. The molecule has 0 spiro atoms. The van der Waals surface area contributed by atoms with Crippen LogP contribution in [0, 0.1) is 17.8 Å².